The number of nitrogens with zero attached hydrogens (tertiary/aromatic N) is 1. The van der Waals surface area contributed by atoms with E-state index in [1.807, 2.05) is 0 Å². The van der Waals surface area contributed by atoms with E-state index in [-0.39, 0.29) is 5.13 Å². The fourth-order valence-electron chi connectivity index (χ4n) is 1.71. The number of thiazole rings is 1. The summed E-state index contributed by atoms with van der Waals surface area (Å²) in [5.41, 5.74) is 0.668. The number of hydrogen-bond acceptors (Lipinski definition) is 3. The van der Waals surface area contributed by atoms with E-state index in [9.17, 15) is 26.7 Å². The molecule has 1 heterocycles. The Balaban J connectivity index is 2.13. The van der Waals surface area contributed by atoms with Crippen molar-refractivity contribution in [2.24, 2.45) is 0 Å². The van der Waals surface area contributed by atoms with Gasteiger partial charge < -0.3 is 0 Å². The second kappa shape index (κ2) is 4.69. The molecule has 0 saturated carbocycles. The maximum Gasteiger partial charge on any atom is 0.463 e. The van der Waals surface area contributed by atoms with Crippen molar-refractivity contribution in [2.45, 2.75) is 37.8 Å². The van der Waals surface area contributed by atoms with Gasteiger partial charge in [-0.2, -0.15) is 22.0 Å². The highest BCUT2D eigenvalue weighted by Gasteiger charge is 2.63. The number of anilines is 1. The zero-order valence-electron chi connectivity index (χ0n) is 9.48. The molecule has 3 nitrogen and oxygen atoms in total. The molecule has 0 bridgehead atoms. The van der Waals surface area contributed by atoms with Crippen LogP contribution in [0.1, 0.15) is 23.4 Å². The Kier molecular flexibility index (Phi) is 3.50. The van der Waals surface area contributed by atoms with Crippen LogP contribution >= 0.6 is 11.3 Å². The molecule has 0 aromatic carbocycles. The number of amides is 1. The summed E-state index contributed by atoms with van der Waals surface area (Å²) in [6, 6.07) is 0. The summed E-state index contributed by atoms with van der Waals surface area (Å²) in [5.74, 6) is -7.81. The van der Waals surface area contributed by atoms with Crippen molar-refractivity contribution >= 4 is 22.4 Å². The van der Waals surface area contributed by atoms with E-state index >= 15 is 0 Å². The molecule has 0 saturated heterocycles. The minimum atomic E-state index is -5.91. The SMILES string of the molecule is O=C(Nc1nc2c(s1)CCCC2)C(F)(F)C(F)(F)F. The van der Waals surface area contributed by atoms with Gasteiger partial charge in [0.15, 0.2) is 5.13 Å². The van der Waals surface area contributed by atoms with Gasteiger partial charge in [0, 0.05) is 4.88 Å². The fraction of sp³-hybridized carbons (Fsp3) is 0.600. The van der Waals surface area contributed by atoms with Gasteiger partial charge in [-0.25, -0.2) is 4.98 Å². The number of rotatable bonds is 2. The van der Waals surface area contributed by atoms with Gasteiger partial charge in [-0.05, 0) is 25.7 Å². The number of hydrogen-bond donors (Lipinski definition) is 1. The van der Waals surface area contributed by atoms with Gasteiger partial charge in [0.25, 0.3) is 0 Å². The third-order valence-electron chi connectivity index (χ3n) is 2.71. The Morgan fingerprint density at radius 3 is 2.37 bits per heavy atom. The van der Waals surface area contributed by atoms with Crippen LogP contribution in [0.3, 0.4) is 0 Å². The van der Waals surface area contributed by atoms with Gasteiger partial charge >= 0.3 is 18.0 Å². The molecule has 9 heteroatoms. The van der Waals surface area contributed by atoms with Crippen LogP contribution in [0.5, 0.6) is 0 Å². The molecule has 1 aliphatic carbocycles. The highest BCUT2D eigenvalue weighted by atomic mass is 32.1. The lowest BCUT2D eigenvalue weighted by Crippen LogP contribution is -2.47. The first kappa shape index (κ1) is 14.2. The highest BCUT2D eigenvalue weighted by Crippen LogP contribution is 2.37. The van der Waals surface area contributed by atoms with Gasteiger partial charge in [0.1, 0.15) is 0 Å². The van der Waals surface area contributed by atoms with Crippen LogP contribution in [0.15, 0.2) is 0 Å². The van der Waals surface area contributed by atoms with Gasteiger partial charge in [-0.1, -0.05) is 0 Å². The Bertz CT molecular complexity index is 473. The molecule has 2 rings (SSSR count). The molecule has 1 N–H and O–H groups in total. The average Bonchev–Trinajstić information content (AvgIpc) is 2.69. The summed E-state index contributed by atoms with van der Waals surface area (Å²) in [6.07, 6.45) is -2.74. The van der Waals surface area contributed by atoms with E-state index in [0.29, 0.717) is 18.5 Å². The molecule has 0 aliphatic heterocycles. The third-order valence-corrected chi connectivity index (χ3v) is 3.78. The summed E-state index contributed by atoms with van der Waals surface area (Å²) in [7, 11) is 0. The van der Waals surface area contributed by atoms with Crippen molar-refractivity contribution in [2.75, 3.05) is 5.32 Å². The number of nitrogens with one attached hydrogen (secondary N) is 1. The largest absolute Gasteiger partial charge is 0.463 e. The summed E-state index contributed by atoms with van der Waals surface area (Å²) in [4.78, 5) is 15.7. The average molecular weight is 300 g/mol. The number of alkyl halides is 5. The summed E-state index contributed by atoms with van der Waals surface area (Å²) in [5, 5.41) is 1.34. The summed E-state index contributed by atoms with van der Waals surface area (Å²) >= 11 is 0.947. The van der Waals surface area contributed by atoms with Gasteiger partial charge in [0.2, 0.25) is 0 Å². The van der Waals surface area contributed by atoms with Crippen LogP contribution in [0.25, 0.3) is 0 Å². The number of halogens is 5. The lowest BCUT2D eigenvalue weighted by Gasteiger charge is -2.17. The highest BCUT2D eigenvalue weighted by molar-refractivity contribution is 7.15. The maximum atomic E-state index is 12.7. The number of aromatic nitrogens is 1. The second-order valence-electron chi connectivity index (χ2n) is 4.12. The molecule has 106 valence electrons. The van der Waals surface area contributed by atoms with E-state index in [1.165, 1.54) is 0 Å². The van der Waals surface area contributed by atoms with Crippen molar-refractivity contribution in [3.8, 4) is 0 Å². The monoisotopic (exact) mass is 300 g/mol. The fourth-order valence-corrected chi connectivity index (χ4v) is 2.75. The predicted molar refractivity (Wildman–Crippen MR) is 58.4 cm³/mol. The van der Waals surface area contributed by atoms with Gasteiger partial charge in [-0.3, -0.25) is 10.1 Å². The Morgan fingerprint density at radius 1 is 1.16 bits per heavy atom. The zero-order chi connectivity index (χ0) is 14.3. The molecular weight excluding hydrogens is 291 g/mol. The normalized spacial score (nSPS) is 16.1. The van der Waals surface area contributed by atoms with Crippen molar-refractivity contribution in [1.82, 2.24) is 4.98 Å². The molecule has 0 unspecified atom stereocenters. The molecule has 1 aromatic rings. The van der Waals surface area contributed by atoms with Crippen molar-refractivity contribution < 1.29 is 26.7 Å². The van der Waals surface area contributed by atoms with Crippen molar-refractivity contribution in [3.63, 3.8) is 0 Å². The molecule has 1 aliphatic rings. The summed E-state index contributed by atoms with van der Waals surface area (Å²) in [6.45, 7) is 0. The molecule has 1 amide bonds. The standard InChI is InChI=1S/C10H9F5N2OS/c11-9(12,10(13,14)15)7(18)17-8-16-5-3-1-2-4-6(5)19-8/h1-4H2,(H,16,17,18). The minimum absolute atomic E-state index is 0.208. The quantitative estimate of drug-likeness (QED) is 0.853. The van der Waals surface area contributed by atoms with Crippen molar-refractivity contribution in [3.05, 3.63) is 10.6 Å². The predicted octanol–water partition coefficient (Wildman–Crippen LogP) is 3.16. The van der Waals surface area contributed by atoms with E-state index in [2.05, 4.69) is 4.98 Å². The van der Waals surface area contributed by atoms with Crippen LogP contribution < -0.4 is 5.32 Å². The number of carbonyl (C=O) groups excluding carboxylic acids is 1. The Labute approximate surface area is 108 Å². The molecule has 0 fully saturated rings. The van der Waals surface area contributed by atoms with Crippen LogP contribution in [-0.4, -0.2) is 23.0 Å². The lowest BCUT2D eigenvalue weighted by molar-refractivity contribution is -0.267. The third kappa shape index (κ3) is 2.70. The number of fused-ring (bicyclic) bond motifs is 1. The van der Waals surface area contributed by atoms with Crippen LogP contribution in [-0.2, 0) is 17.6 Å². The van der Waals surface area contributed by atoms with Crippen molar-refractivity contribution in [1.29, 1.82) is 0 Å². The molecule has 0 spiro atoms. The second-order valence-corrected chi connectivity index (χ2v) is 5.21. The summed E-state index contributed by atoms with van der Waals surface area (Å²) < 4.78 is 61.4. The molecule has 1 aromatic heterocycles. The van der Waals surface area contributed by atoms with E-state index in [4.69, 9.17) is 0 Å². The topological polar surface area (TPSA) is 42.0 Å². The first-order chi connectivity index (χ1) is 8.72. The van der Waals surface area contributed by atoms with Crippen LogP contribution in [0.4, 0.5) is 27.1 Å². The van der Waals surface area contributed by atoms with E-state index in [1.54, 1.807) is 5.32 Å². The molecule has 19 heavy (non-hydrogen) atoms. The molecule has 0 radical (unpaired) electrons. The number of carbonyl (C=O) groups is 1. The Morgan fingerprint density at radius 2 is 1.79 bits per heavy atom. The molecule has 0 atom stereocenters. The smallest absolute Gasteiger partial charge is 0.296 e. The van der Waals surface area contributed by atoms with Gasteiger partial charge in [0.05, 0.1) is 5.69 Å². The van der Waals surface area contributed by atoms with Gasteiger partial charge in [-0.15, -0.1) is 11.3 Å². The lowest BCUT2D eigenvalue weighted by atomic mass is 10.0. The van der Waals surface area contributed by atoms with Crippen LogP contribution in [0.2, 0.25) is 0 Å². The first-order valence-corrected chi connectivity index (χ1v) is 6.28. The minimum Gasteiger partial charge on any atom is -0.296 e. The maximum absolute atomic E-state index is 12.7. The van der Waals surface area contributed by atoms with E-state index in [0.717, 1.165) is 29.1 Å². The number of aryl methyl sites for hydroxylation is 2. The Hall–Kier alpha value is -1.25. The van der Waals surface area contributed by atoms with E-state index < -0.39 is 18.0 Å². The van der Waals surface area contributed by atoms with Crippen LogP contribution in [0, 0.1) is 0 Å². The zero-order valence-corrected chi connectivity index (χ0v) is 10.3. The first-order valence-electron chi connectivity index (χ1n) is 5.46. The molecular formula is C10H9F5N2OS.